The Morgan fingerprint density at radius 3 is 2.69 bits per heavy atom. The third-order valence-electron chi connectivity index (χ3n) is 5.01. The lowest BCUT2D eigenvalue weighted by molar-refractivity contribution is 0.123. The molecule has 0 bridgehead atoms. The highest BCUT2D eigenvalue weighted by atomic mass is 127. The number of sulfonamides is 1. The summed E-state index contributed by atoms with van der Waals surface area (Å²) < 4.78 is 33.1. The third kappa shape index (κ3) is 7.97. The van der Waals surface area contributed by atoms with E-state index in [2.05, 4.69) is 15.6 Å². The monoisotopic (exact) mass is 556 g/mol. The van der Waals surface area contributed by atoms with Crippen molar-refractivity contribution in [3.63, 3.8) is 0 Å². The third-order valence-corrected chi connectivity index (χ3v) is 8.46. The number of nitrogens with one attached hydrogen (secondary N) is 2. The fraction of sp³-hybridized carbons (Fsp3) is 0.737. The number of hydrogen-bond donors (Lipinski definition) is 2. The van der Waals surface area contributed by atoms with Crippen molar-refractivity contribution in [1.82, 2.24) is 14.9 Å². The lowest BCUT2D eigenvalue weighted by atomic mass is 10.2. The average Bonchev–Trinajstić information content (AvgIpc) is 3.41. The van der Waals surface area contributed by atoms with E-state index in [1.165, 1.54) is 24.2 Å². The maximum absolute atomic E-state index is 12.7. The van der Waals surface area contributed by atoms with Crippen LogP contribution in [0.15, 0.2) is 21.3 Å². The summed E-state index contributed by atoms with van der Waals surface area (Å²) in [5.74, 6) is 1.52. The molecule has 1 saturated carbocycles. The Kier molecular flexibility index (Phi) is 10.6. The van der Waals surface area contributed by atoms with Crippen LogP contribution in [0, 0.1) is 5.92 Å². The lowest BCUT2D eigenvalue weighted by Crippen LogP contribution is -2.37. The van der Waals surface area contributed by atoms with Gasteiger partial charge in [0.2, 0.25) is 0 Å². The second-order valence-electron chi connectivity index (χ2n) is 7.41. The van der Waals surface area contributed by atoms with Gasteiger partial charge in [0, 0.05) is 44.8 Å². The lowest BCUT2D eigenvalue weighted by Gasteiger charge is -2.25. The van der Waals surface area contributed by atoms with Gasteiger partial charge < -0.3 is 15.4 Å². The molecule has 3 rings (SSSR count). The van der Waals surface area contributed by atoms with Gasteiger partial charge in [-0.05, 0) is 50.2 Å². The number of thiophene rings is 1. The standard InChI is InChI=1S/C19H32N4O3S2.HI/c1-20-19(21-10-5-13-26-15-16-6-7-16)22-14-17-8-9-18(27-17)28(24,25)23-11-3-2-4-12-23;/h8-9,16H,2-7,10-15H2,1H3,(H2,20,21,22);1H. The molecule has 2 fully saturated rings. The Balaban J connectivity index is 0.00000300. The summed E-state index contributed by atoms with van der Waals surface area (Å²) in [5, 5.41) is 6.52. The van der Waals surface area contributed by atoms with Crippen LogP contribution in [0.1, 0.15) is 43.4 Å². The minimum atomic E-state index is -3.35. The van der Waals surface area contributed by atoms with Crippen molar-refractivity contribution in [2.45, 2.75) is 49.3 Å². The topological polar surface area (TPSA) is 83.0 Å². The van der Waals surface area contributed by atoms with Gasteiger partial charge in [0.25, 0.3) is 10.0 Å². The van der Waals surface area contributed by atoms with E-state index in [-0.39, 0.29) is 24.0 Å². The molecule has 166 valence electrons. The molecule has 10 heteroatoms. The SMILES string of the molecule is CN=C(NCCCOCC1CC1)NCc1ccc(S(=O)(=O)N2CCCCC2)s1.I. The largest absolute Gasteiger partial charge is 0.381 e. The van der Waals surface area contributed by atoms with Crippen molar-refractivity contribution in [3.8, 4) is 0 Å². The van der Waals surface area contributed by atoms with Crippen LogP contribution in [0.2, 0.25) is 0 Å². The molecule has 0 radical (unpaired) electrons. The zero-order valence-corrected chi connectivity index (χ0v) is 21.0. The minimum absolute atomic E-state index is 0. The normalized spacial score (nSPS) is 18.3. The van der Waals surface area contributed by atoms with E-state index in [0.29, 0.717) is 23.8 Å². The molecule has 1 aromatic heterocycles. The van der Waals surface area contributed by atoms with Crippen molar-refractivity contribution >= 4 is 51.3 Å². The smallest absolute Gasteiger partial charge is 0.252 e. The highest BCUT2D eigenvalue weighted by Crippen LogP contribution is 2.29. The van der Waals surface area contributed by atoms with Gasteiger partial charge in [-0.2, -0.15) is 4.31 Å². The number of halogens is 1. The first kappa shape index (κ1) is 24.8. The van der Waals surface area contributed by atoms with E-state index in [0.717, 1.165) is 62.2 Å². The molecule has 1 aliphatic heterocycles. The Hall–Kier alpha value is -0.430. The quantitative estimate of drug-likeness (QED) is 0.201. The Labute approximate surface area is 195 Å². The van der Waals surface area contributed by atoms with Gasteiger partial charge in [0.1, 0.15) is 4.21 Å². The summed E-state index contributed by atoms with van der Waals surface area (Å²) in [6, 6.07) is 3.60. The van der Waals surface area contributed by atoms with Gasteiger partial charge in [-0.3, -0.25) is 4.99 Å². The van der Waals surface area contributed by atoms with Crippen molar-refractivity contribution in [2.24, 2.45) is 10.9 Å². The molecule has 1 aliphatic carbocycles. The van der Waals surface area contributed by atoms with Crippen molar-refractivity contribution in [1.29, 1.82) is 0 Å². The number of nitrogens with zero attached hydrogens (tertiary/aromatic N) is 2. The maximum atomic E-state index is 12.7. The highest BCUT2D eigenvalue weighted by Gasteiger charge is 2.27. The van der Waals surface area contributed by atoms with Crippen LogP contribution in [0.5, 0.6) is 0 Å². The maximum Gasteiger partial charge on any atom is 0.252 e. The zero-order valence-electron chi connectivity index (χ0n) is 17.1. The van der Waals surface area contributed by atoms with Crippen molar-refractivity contribution in [2.75, 3.05) is 39.9 Å². The molecule has 1 saturated heterocycles. The second-order valence-corrected chi connectivity index (χ2v) is 10.7. The summed E-state index contributed by atoms with van der Waals surface area (Å²) in [4.78, 5) is 5.20. The van der Waals surface area contributed by atoms with Gasteiger partial charge in [0.05, 0.1) is 6.54 Å². The molecule has 7 nitrogen and oxygen atoms in total. The van der Waals surface area contributed by atoms with E-state index in [4.69, 9.17) is 4.74 Å². The molecule has 2 N–H and O–H groups in total. The van der Waals surface area contributed by atoms with E-state index in [1.54, 1.807) is 17.4 Å². The Morgan fingerprint density at radius 2 is 2.00 bits per heavy atom. The first-order valence-corrected chi connectivity index (χ1v) is 12.5. The number of guanidine groups is 1. The molecule has 0 aromatic carbocycles. The van der Waals surface area contributed by atoms with Crippen LogP contribution in [0.4, 0.5) is 0 Å². The number of aliphatic imine (C=N–C) groups is 1. The Bertz CT molecular complexity index is 744. The number of ether oxygens (including phenoxy) is 1. The van der Waals surface area contributed by atoms with Crippen LogP contribution in [0.25, 0.3) is 0 Å². The highest BCUT2D eigenvalue weighted by molar-refractivity contribution is 14.0. The van der Waals surface area contributed by atoms with Gasteiger partial charge in [-0.15, -0.1) is 35.3 Å². The molecule has 0 spiro atoms. The summed E-state index contributed by atoms with van der Waals surface area (Å²) in [7, 11) is -1.61. The molecule has 0 unspecified atom stereocenters. The van der Waals surface area contributed by atoms with Crippen LogP contribution >= 0.6 is 35.3 Å². The minimum Gasteiger partial charge on any atom is -0.381 e. The van der Waals surface area contributed by atoms with E-state index in [1.807, 2.05) is 6.07 Å². The fourth-order valence-corrected chi connectivity index (χ4v) is 6.10. The predicted molar refractivity (Wildman–Crippen MR) is 129 cm³/mol. The van der Waals surface area contributed by atoms with Gasteiger partial charge in [-0.25, -0.2) is 8.42 Å². The number of rotatable bonds is 10. The molecule has 0 atom stereocenters. The molecule has 2 heterocycles. The molecule has 2 aliphatic rings. The van der Waals surface area contributed by atoms with Crippen LogP contribution < -0.4 is 10.6 Å². The van der Waals surface area contributed by atoms with Gasteiger partial charge in [0.15, 0.2) is 5.96 Å². The first-order valence-electron chi connectivity index (χ1n) is 10.2. The number of hydrogen-bond acceptors (Lipinski definition) is 5. The van der Waals surface area contributed by atoms with Crippen LogP contribution in [-0.4, -0.2) is 58.6 Å². The van der Waals surface area contributed by atoms with Crippen LogP contribution in [0.3, 0.4) is 0 Å². The summed E-state index contributed by atoms with van der Waals surface area (Å²) >= 11 is 1.33. The molecule has 0 amide bonds. The molecular weight excluding hydrogens is 523 g/mol. The molecule has 29 heavy (non-hydrogen) atoms. The van der Waals surface area contributed by atoms with Gasteiger partial charge >= 0.3 is 0 Å². The Morgan fingerprint density at radius 1 is 1.24 bits per heavy atom. The van der Waals surface area contributed by atoms with Crippen LogP contribution in [-0.2, 0) is 21.3 Å². The summed E-state index contributed by atoms with van der Waals surface area (Å²) in [6.07, 6.45) is 6.59. The second kappa shape index (κ2) is 12.4. The van der Waals surface area contributed by atoms with Crippen molar-refractivity contribution in [3.05, 3.63) is 17.0 Å². The number of piperidine rings is 1. The molecule has 1 aromatic rings. The van der Waals surface area contributed by atoms with Gasteiger partial charge in [-0.1, -0.05) is 6.42 Å². The zero-order chi connectivity index (χ0) is 19.8. The summed E-state index contributed by atoms with van der Waals surface area (Å²) in [6.45, 7) is 4.28. The van der Waals surface area contributed by atoms with E-state index >= 15 is 0 Å². The first-order chi connectivity index (χ1) is 13.6. The van der Waals surface area contributed by atoms with E-state index < -0.39 is 10.0 Å². The summed E-state index contributed by atoms with van der Waals surface area (Å²) in [5.41, 5.74) is 0. The van der Waals surface area contributed by atoms with E-state index in [9.17, 15) is 8.42 Å². The average molecular weight is 557 g/mol. The molecular formula is C19H33IN4O3S2. The van der Waals surface area contributed by atoms with Crippen molar-refractivity contribution < 1.29 is 13.2 Å². The fourth-order valence-electron chi connectivity index (χ4n) is 3.13. The predicted octanol–water partition coefficient (Wildman–Crippen LogP) is 3.02.